The first-order valence-corrected chi connectivity index (χ1v) is 6.33. The number of piperidine rings is 1. The van der Waals surface area contributed by atoms with Crippen molar-refractivity contribution in [3.8, 4) is 0 Å². The molecular weight excluding hydrogens is 186 g/mol. The fourth-order valence-corrected chi connectivity index (χ4v) is 3.10. The van der Waals surface area contributed by atoms with E-state index in [1.54, 1.807) is 0 Å². The number of nitrogens with zero attached hydrogens (tertiary/aromatic N) is 2. The normalized spacial score (nSPS) is 33.0. The van der Waals surface area contributed by atoms with Crippen LogP contribution in [0.5, 0.6) is 0 Å². The molecule has 2 saturated heterocycles. The fraction of sp³-hybridized carbons (Fsp3) is 1.00. The van der Waals surface area contributed by atoms with Crippen LogP contribution in [0.4, 0.5) is 0 Å². The van der Waals surface area contributed by atoms with Crippen molar-refractivity contribution in [2.75, 3.05) is 46.8 Å². The van der Waals surface area contributed by atoms with Gasteiger partial charge in [-0.25, -0.2) is 0 Å². The Morgan fingerprint density at radius 3 is 2.73 bits per heavy atom. The lowest BCUT2D eigenvalue weighted by Crippen LogP contribution is -2.55. The zero-order chi connectivity index (χ0) is 10.7. The molecule has 0 aromatic heterocycles. The fourth-order valence-electron chi connectivity index (χ4n) is 3.10. The molecule has 1 unspecified atom stereocenters. The Hall–Kier alpha value is -0.120. The molecule has 2 heterocycles. The van der Waals surface area contributed by atoms with Crippen molar-refractivity contribution in [3.63, 3.8) is 0 Å². The third-order valence-corrected chi connectivity index (χ3v) is 4.01. The maximum atomic E-state index is 3.58. The van der Waals surface area contributed by atoms with E-state index in [9.17, 15) is 0 Å². The van der Waals surface area contributed by atoms with E-state index in [4.69, 9.17) is 0 Å². The molecule has 0 radical (unpaired) electrons. The Labute approximate surface area is 93.8 Å². The molecule has 0 aromatic carbocycles. The van der Waals surface area contributed by atoms with Crippen LogP contribution in [0, 0.1) is 0 Å². The van der Waals surface area contributed by atoms with E-state index in [0.29, 0.717) is 5.54 Å². The SMILES string of the molecule is CN(C)CCN1CCCC12CCCNC2. The number of nitrogens with one attached hydrogen (secondary N) is 1. The van der Waals surface area contributed by atoms with E-state index in [2.05, 4.69) is 29.2 Å². The summed E-state index contributed by atoms with van der Waals surface area (Å²) >= 11 is 0. The largest absolute Gasteiger partial charge is 0.315 e. The van der Waals surface area contributed by atoms with Crippen molar-refractivity contribution < 1.29 is 0 Å². The standard InChI is InChI=1S/C12H25N3/c1-14(2)9-10-15-8-4-6-12(15)5-3-7-13-11-12/h13H,3-11H2,1-2H3. The van der Waals surface area contributed by atoms with Gasteiger partial charge in [-0.1, -0.05) is 0 Å². The topological polar surface area (TPSA) is 18.5 Å². The maximum Gasteiger partial charge on any atom is 0.0335 e. The Morgan fingerprint density at radius 2 is 2.07 bits per heavy atom. The second kappa shape index (κ2) is 4.81. The Balaban J connectivity index is 1.91. The monoisotopic (exact) mass is 211 g/mol. The first kappa shape index (κ1) is 11.4. The summed E-state index contributed by atoms with van der Waals surface area (Å²) in [7, 11) is 4.34. The van der Waals surface area contributed by atoms with Gasteiger partial charge in [0.25, 0.3) is 0 Å². The van der Waals surface area contributed by atoms with Gasteiger partial charge in [-0.15, -0.1) is 0 Å². The van der Waals surface area contributed by atoms with Crippen molar-refractivity contribution in [2.24, 2.45) is 0 Å². The van der Waals surface area contributed by atoms with Crippen LogP contribution >= 0.6 is 0 Å². The number of hydrogen-bond acceptors (Lipinski definition) is 3. The summed E-state index contributed by atoms with van der Waals surface area (Å²) < 4.78 is 0. The summed E-state index contributed by atoms with van der Waals surface area (Å²) in [5, 5.41) is 3.58. The van der Waals surface area contributed by atoms with Crippen molar-refractivity contribution in [1.82, 2.24) is 15.1 Å². The molecule has 3 nitrogen and oxygen atoms in total. The minimum Gasteiger partial charge on any atom is -0.315 e. The molecule has 0 bridgehead atoms. The Bertz CT molecular complexity index is 197. The van der Waals surface area contributed by atoms with Crippen molar-refractivity contribution in [1.29, 1.82) is 0 Å². The van der Waals surface area contributed by atoms with Gasteiger partial charge in [0.2, 0.25) is 0 Å². The zero-order valence-corrected chi connectivity index (χ0v) is 10.3. The first-order valence-electron chi connectivity index (χ1n) is 6.33. The predicted octanol–water partition coefficient (Wildman–Crippen LogP) is 0.766. The molecule has 3 heteroatoms. The molecule has 2 fully saturated rings. The summed E-state index contributed by atoms with van der Waals surface area (Å²) in [5.41, 5.74) is 0.522. The quantitative estimate of drug-likeness (QED) is 0.744. The Morgan fingerprint density at radius 1 is 1.27 bits per heavy atom. The summed E-state index contributed by atoms with van der Waals surface area (Å²) in [6.07, 6.45) is 5.58. The summed E-state index contributed by atoms with van der Waals surface area (Å²) in [6, 6.07) is 0. The van der Waals surface area contributed by atoms with Gasteiger partial charge in [-0.05, 0) is 52.9 Å². The van der Waals surface area contributed by atoms with Gasteiger partial charge < -0.3 is 10.2 Å². The molecule has 1 N–H and O–H groups in total. The summed E-state index contributed by atoms with van der Waals surface area (Å²) in [4.78, 5) is 5.03. The van der Waals surface area contributed by atoms with Crippen molar-refractivity contribution in [3.05, 3.63) is 0 Å². The number of rotatable bonds is 3. The molecule has 0 saturated carbocycles. The van der Waals surface area contributed by atoms with E-state index in [1.807, 2.05) is 0 Å². The van der Waals surface area contributed by atoms with Crippen LogP contribution in [0.1, 0.15) is 25.7 Å². The minimum absolute atomic E-state index is 0.522. The maximum absolute atomic E-state index is 3.58. The molecule has 1 atom stereocenters. The molecule has 0 amide bonds. The van der Waals surface area contributed by atoms with Crippen LogP contribution < -0.4 is 5.32 Å². The molecule has 2 rings (SSSR count). The van der Waals surface area contributed by atoms with E-state index < -0.39 is 0 Å². The van der Waals surface area contributed by atoms with Crippen LogP contribution in [-0.2, 0) is 0 Å². The van der Waals surface area contributed by atoms with Crippen LogP contribution in [0.15, 0.2) is 0 Å². The molecule has 2 aliphatic rings. The molecule has 2 aliphatic heterocycles. The highest BCUT2D eigenvalue weighted by Crippen LogP contribution is 2.34. The van der Waals surface area contributed by atoms with Crippen molar-refractivity contribution in [2.45, 2.75) is 31.2 Å². The van der Waals surface area contributed by atoms with Crippen LogP contribution in [0.25, 0.3) is 0 Å². The Kier molecular flexibility index (Phi) is 3.65. The third kappa shape index (κ3) is 2.52. The minimum atomic E-state index is 0.522. The van der Waals surface area contributed by atoms with Crippen LogP contribution in [0.2, 0.25) is 0 Å². The zero-order valence-electron chi connectivity index (χ0n) is 10.3. The van der Waals surface area contributed by atoms with Gasteiger partial charge in [0.15, 0.2) is 0 Å². The molecular formula is C12H25N3. The molecule has 88 valence electrons. The summed E-state index contributed by atoms with van der Waals surface area (Å²) in [6.45, 7) is 6.20. The highest BCUT2D eigenvalue weighted by Gasteiger charge is 2.40. The summed E-state index contributed by atoms with van der Waals surface area (Å²) in [5.74, 6) is 0. The number of likely N-dealkylation sites (tertiary alicyclic amines) is 1. The molecule has 1 spiro atoms. The van der Waals surface area contributed by atoms with Gasteiger partial charge >= 0.3 is 0 Å². The lowest BCUT2D eigenvalue weighted by molar-refractivity contribution is 0.0978. The van der Waals surface area contributed by atoms with Gasteiger partial charge in [-0.3, -0.25) is 4.90 Å². The third-order valence-electron chi connectivity index (χ3n) is 4.01. The highest BCUT2D eigenvalue weighted by atomic mass is 15.3. The highest BCUT2D eigenvalue weighted by molar-refractivity contribution is 4.99. The molecule has 15 heavy (non-hydrogen) atoms. The van der Waals surface area contributed by atoms with Gasteiger partial charge in [0, 0.05) is 25.2 Å². The second-order valence-corrected chi connectivity index (χ2v) is 5.40. The van der Waals surface area contributed by atoms with E-state index >= 15 is 0 Å². The van der Waals surface area contributed by atoms with Crippen molar-refractivity contribution >= 4 is 0 Å². The van der Waals surface area contributed by atoms with E-state index in [1.165, 1.54) is 58.4 Å². The first-order chi connectivity index (χ1) is 7.23. The number of likely N-dealkylation sites (N-methyl/N-ethyl adjacent to an activating group) is 1. The van der Waals surface area contributed by atoms with Gasteiger partial charge in [0.1, 0.15) is 0 Å². The van der Waals surface area contributed by atoms with Crippen LogP contribution in [0.3, 0.4) is 0 Å². The van der Waals surface area contributed by atoms with Gasteiger partial charge in [-0.2, -0.15) is 0 Å². The van der Waals surface area contributed by atoms with E-state index in [0.717, 1.165) is 0 Å². The average molecular weight is 211 g/mol. The smallest absolute Gasteiger partial charge is 0.0335 e. The molecule has 0 aliphatic carbocycles. The number of hydrogen-bond donors (Lipinski definition) is 1. The lowest BCUT2D eigenvalue weighted by atomic mass is 9.87. The van der Waals surface area contributed by atoms with Gasteiger partial charge in [0.05, 0.1) is 0 Å². The lowest BCUT2D eigenvalue weighted by Gasteiger charge is -2.42. The molecule has 0 aromatic rings. The predicted molar refractivity (Wildman–Crippen MR) is 64.2 cm³/mol. The van der Waals surface area contributed by atoms with Crippen LogP contribution in [-0.4, -0.2) is 62.2 Å². The van der Waals surface area contributed by atoms with E-state index in [-0.39, 0.29) is 0 Å². The average Bonchev–Trinajstić information content (AvgIpc) is 2.59. The second-order valence-electron chi connectivity index (χ2n) is 5.40.